The predicted molar refractivity (Wildman–Crippen MR) is 70.0 cm³/mol. The molecule has 1 unspecified atom stereocenters. The number of nitrogens with zero attached hydrogens (tertiary/aromatic N) is 2. The Labute approximate surface area is 98.9 Å². The zero-order valence-corrected chi connectivity index (χ0v) is 10.6. The molecule has 0 N–H and O–H groups in total. The third-order valence-corrected chi connectivity index (χ3v) is 3.56. The van der Waals surface area contributed by atoms with Gasteiger partial charge >= 0.3 is 0 Å². The Kier molecular flexibility index (Phi) is 3.49. The standard InChI is InChI=1S/C14H22N2/c1-15(2)13-9-7-12(8-10-13)14-6-4-5-11-16(14)3/h7-10,14H,4-6,11H2,1-3H3. The molecule has 1 fully saturated rings. The molecule has 1 saturated heterocycles. The Hall–Kier alpha value is -1.02. The van der Waals surface area contributed by atoms with Crippen LogP contribution in [0.4, 0.5) is 5.69 Å². The van der Waals surface area contributed by atoms with Gasteiger partial charge in [0.2, 0.25) is 0 Å². The number of benzene rings is 1. The van der Waals surface area contributed by atoms with E-state index in [2.05, 4.69) is 55.2 Å². The number of hydrogen-bond acceptors (Lipinski definition) is 2. The maximum atomic E-state index is 2.48. The number of piperidine rings is 1. The minimum Gasteiger partial charge on any atom is -0.378 e. The maximum absolute atomic E-state index is 2.48. The molecule has 1 aliphatic rings. The van der Waals surface area contributed by atoms with E-state index < -0.39 is 0 Å². The highest BCUT2D eigenvalue weighted by atomic mass is 15.1. The second-order valence-corrected chi connectivity index (χ2v) is 4.98. The van der Waals surface area contributed by atoms with E-state index in [0.29, 0.717) is 6.04 Å². The molecular formula is C14H22N2. The molecular weight excluding hydrogens is 196 g/mol. The highest BCUT2D eigenvalue weighted by Crippen LogP contribution is 2.30. The number of anilines is 1. The maximum Gasteiger partial charge on any atom is 0.0361 e. The summed E-state index contributed by atoms with van der Waals surface area (Å²) in [5.41, 5.74) is 2.75. The summed E-state index contributed by atoms with van der Waals surface area (Å²) in [5.74, 6) is 0. The first-order chi connectivity index (χ1) is 7.68. The Morgan fingerprint density at radius 1 is 1.12 bits per heavy atom. The van der Waals surface area contributed by atoms with Gasteiger partial charge in [0.1, 0.15) is 0 Å². The lowest BCUT2D eigenvalue weighted by molar-refractivity contribution is 0.187. The molecule has 2 nitrogen and oxygen atoms in total. The molecule has 2 rings (SSSR count). The number of hydrogen-bond donors (Lipinski definition) is 0. The van der Waals surface area contributed by atoms with Gasteiger partial charge in [-0.1, -0.05) is 18.6 Å². The minimum absolute atomic E-state index is 0.630. The van der Waals surface area contributed by atoms with Crippen molar-refractivity contribution in [2.24, 2.45) is 0 Å². The van der Waals surface area contributed by atoms with Gasteiger partial charge in [-0.25, -0.2) is 0 Å². The van der Waals surface area contributed by atoms with Crippen LogP contribution in [0.2, 0.25) is 0 Å². The minimum atomic E-state index is 0.630. The normalized spacial score (nSPS) is 22.1. The van der Waals surface area contributed by atoms with Crippen LogP contribution in [0.5, 0.6) is 0 Å². The number of rotatable bonds is 2. The highest BCUT2D eigenvalue weighted by molar-refractivity contribution is 5.46. The molecule has 0 aliphatic carbocycles. The van der Waals surface area contributed by atoms with Crippen LogP contribution in [-0.2, 0) is 0 Å². The van der Waals surface area contributed by atoms with Crippen molar-refractivity contribution in [3.05, 3.63) is 29.8 Å². The highest BCUT2D eigenvalue weighted by Gasteiger charge is 2.20. The summed E-state index contributed by atoms with van der Waals surface area (Å²) >= 11 is 0. The van der Waals surface area contributed by atoms with E-state index in [4.69, 9.17) is 0 Å². The van der Waals surface area contributed by atoms with Gasteiger partial charge in [-0.15, -0.1) is 0 Å². The first-order valence-electron chi connectivity index (χ1n) is 6.16. The molecule has 0 amide bonds. The molecule has 16 heavy (non-hydrogen) atoms. The molecule has 0 aromatic heterocycles. The van der Waals surface area contributed by atoms with Crippen molar-refractivity contribution < 1.29 is 0 Å². The van der Waals surface area contributed by atoms with E-state index in [1.807, 2.05) is 0 Å². The lowest BCUT2D eigenvalue weighted by Crippen LogP contribution is -2.29. The Morgan fingerprint density at radius 3 is 2.38 bits per heavy atom. The van der Waals surface area contributed by atoms with Crippen molar-refractivity contribution in [3.8, 4) is 0 Å². The zero-order chi connectivity index (χ0) is 11.5. The quantitative estimate of drug-likeness (QED) is 0.753. The molecule has 0 radical (unpaired) electrons. The largest absolute Gasteiger partial charge is 0.378 e. The van der Waals surface area contributed by atoms with E-state index in [9.17, 15) is 0 Å². The van der Waals surface area contributed by atoms with Gasteiger partial charge in [-0.3, -0.25) is 4.90 Å². The van der Waals surface area contributed by atoms with Gasteiger partial charge in [0.25, 0.3) is 0 Å². The van der Waals surface area contributed by atoms with Gasteiger partial charge in [0.15, 0.2) is 0 Å². The van der Waals surface area contributed by atoms with Crippen LogP contribution in [0.15, 0.2) is 24.3 Å². The first-order valence-corrected chi connectivity index (χ1v) is 6.16. The molecule has 1 aliphatic heterocycles. The Bertz CT molecular complexity index is 329. The fourth-order valence-electron chi connectivity index (χ4n) is 2.49. The molecule has 88 valence electrons. The molecule has 1 aromatic carbocycles. The van der Waals surface area contributed by atoms with Crippen LogP contribution in [0.25, 0.3) is 0 Å². The summed E-state index contributed by atoms with van der Waals surface area (Å²) < 4.78 is 0. The van der Waals surface area contributed by atoms with E-state index in [1.165, 1.54) is 37.1 Å². The summed E-state index contributed by atoms with van der Waals surface area (Å²) in [5, 5.41) is 0. The van der Waals surface area contributed by atoms with E-state index in [0.717, 1.165) is 0 Å². The van der Waals surface area contributed by atoms with Crippen LogP contribution >= 0.6 is 0 Å². The lowest BCUT2D eigenvalue weighted by Gasteiger charge is -2.33. The van der Waals surface area contributed by atoms with Crippen molar-refractivity contribution >= 4 is 5.69 Å². The molecule has 1 atom stereocenters. The third-order valence-electron chi connectivity index (χ3n) is 3.56. The van der Waals surface area contributed by atoms with Crippen LogP contribution < -0.4 is 4.90 Å². The molecule has 2 heteroatoms. The Balaban J connectivity index is 2.14. The second kappa shape index (κ2) is 4.88. The van der Waals surface area contributed by atoms with Gasteiger partial charge in [0, 0.05) is 25.8 Å². The van der Waals surface area contributed by atoms with Crippen molar-refractivity contribution in [2.75, 3.05) is 32.6 Å². The van der Waals surface area contributed by atoms with Crippen LogP contribution in [0.1, 0.15) is 30.9 Å². The average molecular weight is 218 g/mol. The molecule has 0 spiro atoms. The summed E-state index contributed by atoms with van der Waals surface area (Å²) in [4.78, 5) is 4.63. The van der Waals surface area contributed by atoms with Crippen molar-refractivity contribution in [2.45, 2.75) is 25.3 Å². The fraction of sp³-hybridized carbons (Fsp3) is 0.571. The van der Waals surface area contributed by atoms with Crippen molar-refractivity contribution in [1.82, 2.24) is 4.90 Å². The molecule has 0 bridgehead atoms. The SMILES string of the molecule is CN(C)c1ccc(C2CCCCN2C)cc1. The average Bonchev–Trinajstić information content (AvgIpc) is 2.30. The summed E-state index contributed by atoms with van der Waals surface area (Å²) in [6.45, 7) is 1.24. The fourth-order valence-corrected chi connectivity index (χ4v) is 2.49. The lowest BCUT2D eigenvalue weighted by atomic mass is 9.96. The monoisotopic (exact) mass is 218 g/mol. The zero-order valence-electron chi connectivity index (χ0n) is 10.6. The Morgan fingerprint density at radius 2 is 1.81 bits per heavy atom. The van der Waals surface area contributed by atoms with Gasteiger partial charge in [0.05, 0.1) is 0 Å². The summed E-state index contributed by atoms with van der Waals surface area (Å²) in [7, 11) is 6.41. The van der Waals surface area contributed by atoms with Crippen LogP contribution in [-0.4, -0.2) is 32.6 Å². The third kappa shape index (κ3) is 2.38. The smallest absolute Gasteiger partial charge is 0.0361 e. The first kappa shape index (κ1) is 11.5. The summed E-state index contributed by atoms with van der Waals surface area (Å²) in [6.07, 6.45) is 4.02. The van der Waals surface area contributed by atoms with Crippen LogP contribution in [0.3, 0.4) is 0 Å². The van der Waals surface area contributed by atoms with Gasteiger partial charge in [-0.05, 0) is 44.1 Å². The molecule has 1 aromatic rings. The summed E-state index contributed by atoms with van der Waals surface area (Å²) in [6, 6.07) is 9.63. The molecule has 1 heterocycles. The topological polar surface area (TPSA) is 6.48 Å². The molecule has 0 saturated carbocycles. The van der Waals surface area contributed by atoms with Crippen molar-refractivity contribution in [1.29, 1.82) is 0 Å². The number of likely N-dealkylation sites (tertiary alicyclic amines) is 1. The van der Waals surface area contributed by atoms with Crippen LogP contribution in [0, 0.1) is 0 Å². The van der Waals surface area contributed by atoms with E-state index in [1.54, 1.807) is 0 Å². The van der Waals surface area contributed by atoms with E-state index in [-0.39, 0.29) is 0 Å². The van der Waals surface area contributed by atoms with Gasteiger partial charge in [-0.2, -0.15) is 0 Å². The van der Waals surface area contributed by atoms with Crippen molar-refractivity contribution in [3.63, 3.8) is 0 Å². The predicted octanol–water partition coefficient (Wildman–Crippen LogP) is 2.91. The second-order valence-electron chi connectivity index (χ2n) is 4.98. The van der Waals surface area contributed by atoms with Gasteiger partial charge < -0.3 is 4.90 Å². The van der Waals surface area contributed by atoms with E-state index >= 15 is 0 Å².